The molecule has 4 N–H and O–H groups in total. The highest BCUT2D eigenvalue weighted by atomic mass is 16.2. The third kappa shape index (κ3) is 5.01. The maximum atomic E-state index is 11.9. The van der Waals surface area contributed by atoms with E-state index < -0.39 is 0 Å². The second kappa shape index (κ2) is 7.50. The van der Waals surface area contributed by atoms with Crippen LogP contribution in [0.2, 0.25) is 0 Å². The van der Waals surface area contributed by atoms with Gasteiger partial charge in [-0.05, 0) is 42.7 Å². The summed E-state index contributed by atoms with van der Waals surface area (Å²) in [5.41, 5.74) is 2.38. The van der Waals surface area contributed by atoms with Gasteiger partial charge in [-0.25, -0.2) is 9.59 Å². The highest BCUT2D eigenvalue weighted by Crippen LogP contribution is 2.19. The van der Waals surface area contributed by atoms with E-state index in [1.165, 1.54) is 0 Å². The first-order chi connectivity index (χ1) is 11.7. The first kappa shape index (κ1) is 15.9. The minimum Gasteiger partial charge on any atom is -0.335 e. The van der Waals surface area contributed by atoms with Gasteiger partial charge in [0.25, 0.3) is 0 Å². The van der Waals surface area contributed by atoms with Crippen LogP contribution in [0.4, 0.5) is 21.0 Å². The van der Waals surface area contributed by atoms with Crippen molar-refractivity contribution in [1.29, 1.82) is 0 Å². The van der Waals surface area contributed by atoms with Crippen LogP contribution in [0.5, 0.6) is 0 Å². The Morgan fingerprint density at radius 3 is 2.00 bits per heavy atom. The summed E-state index contributed by atoms with van der Waals surface area (Å²) in [4.78, 5) is 23.5. The number of anilines is 2. The molecule has 24 heavy (non-hydrogen) atoms. The first-order valence-electron chi connectivity index (χ1n) is 7.95. The summed E-state index contributed by atoms with van der Waals surface area (Å²) in [6.45, 7) is 0.466. The first-order valence-corrected chi connectivity index (χ1v) is 7.95. The zero-order chi connectivity index (χ0) is 16.8. The van der Waals surface area contributed by atoms with Crippen molar-refractivity contribution in [2.45, 2.75) is 25.4 Å². The third-order valence-electron chi connectivity index (χ3n) is 3.61. The van der Waals surface area contributed by atoms with Crippen LogP contribution in [0.1, 0.15) is 18.4 Å². The lowest BCUT2D eigenvalue weighted by Crippen LogP contribution is -2.30. The van der Waals surface area contributed by atoms with Gasteiger partial charge in [0, 0.05) is 24.0 Å². The molecule has 1 aliphatic carbocycles. The van der Waals surface area contributed by atoms with Crippen LogP contribution < -0.4 is 21.3 Å². The minimum atomic E-state index is -0.272. The number of carbonyl (C=O) groups excluding carboxylic acids is 2. The smallest absolute Gasteiger partial charge is 0.319 e. The predicted octanol–water partition coefficient (Wildman–Crippen LogP) is 3.29. The number of carbonyl (C=O) groups is 2. The Labute approximate surface area is 140 Å². The van der Waals surface area contributed by atoms with Crippen LogP contribution in [0.15, 0.2) is 54.6 Å². The van der Waals surface area contributed by atoms with Crippen molar-refractivity contribution in [2.75, 3.05) is 10.6 Å². The summed E-state index contributed by atoms with van der Waals surface area (Å²) in [7, 11) is 0. The second-order valence-electron chi connectivity index (χ2n) is 5.74. The molecule has 0 aliphatic heterocycles. The molecule has 3 rings (SSSR count). The van der Waals surface area contributed by atoms with E-state index in [2.05, 4.69) is 21.3 Å². The van der Waals surface area contributed by atoms with E-state index in [-0.39, 0.29) is 12.1 Å². The van der Waals surface area contributed by atoms with Gasteiger partial charge in [0.1, 0.15) is 0 Å². The number of hydrogen-bond donors (Lipinski definition) is 4. The summed E-state index contributed by atoms with van der Waals surface area (Å²) in [5.74, 6) is 0. The topological polar surface area (TPSA) is 82.3 Å². The maximum Gasteiger partial charge on any atom is 0.319 e. The van der Waals surface area contributed by atoms with Crippen molar-refractivity contribution >= 4 is 23.4 Å². The van der Waals surface area contributed by atoms with Gasteiger partial charge < -0.3 is 21.3 Å². The van der Waals surface area contributed by atoms with Crippen molar-refractivity contribution < 1.29 is 9.59 Å². The molecule has 0 spiro atoms. The standard InChI is InChI=1S/C18H20N4O2/c23-17(19-12-13-4-2-1-3-5-13)20-14-6-8-15(9-7-14)21-18(24)22-16-10-11-16/h1-9,16H,10-12H2,(H2,19,20,23)(H2,21,22,24). The van der Waals surface area contributed by atoms with Crippen molar-refractivity contribution in [2.24, 2.45) is 0 Å². The number of hydrogen-bond acceptors (Lipinski definition) is 2. The lowest BCUT2D eigenvalue weighted by atomic mass is 10.2. The van der Waals surface area contributed by atoms with Crippen molar-refractivity contribution in [1.82, 2.24) is 10.6 Å². The second-order valence-corrected chi connectivity index (χ2v) is 5.74. The number of benzene rings is 2. The highest BCUT2D eigenvalue weighted by Gasteiger charge is 2.23. The summed E-state index contributed by atoms with van der Waals surface area (Å²) >= 11 is 0. The van der Waals surface area contributed by atoms with E-state index in [0.29, 0.717) is 24.0 Å². The van der Waals surface area contributed by atoms with E-state index in [0.717, 1.165) is 18.4 Å². The van der Waals surface area contributed by atoms with Gasteiger partial charge >= 0.3 is 12.1 Å². The monoisotopic (exact) mass is 324 g/mol. The predicted molar refractivity (Wildman–Crippen MR) is 93.9 cm³/mol. The van der Waals surface area contributed by atoms with Gasteiger partial charge in [0.2, 0.25) is 0 Å². The zero-order valence-electron chi connectivity index (χ0n) is 13.2. The van der Waals surface area contributed by atoms with Crippen LogP contribution in [-0.2, 0) is 6.54 Å². The molecule has 0 saturated heterocycles. The van der Waals surface area contributed by atoms with E-state index in [1.807, 2.05) is 30.3 Å². The largest absolute Gasteiger partial charge is 0.335 e. The van der Waals surface area contributed by atoms with Crippen molar-refractivity contribution in [3.63, 3.8) is 0 Å². The average molecular weight is 324 g/mol. The SMILES string of the molecule is O=C(NCc1ccccc1)Nc1ccc(NC(=O)NC2CC2)cc1. The third-order valence-corrected chi connectivity index (χ3v) is 3.61. The summed E-state index contributed by atoms with van der Waals surface area (Å²) in [5, 5.41) is 11.2. The highest BCUT2D eigenvalue weighted by molar-refractivity contribution is 5.91. The Hall–Kier alpha value is -3.02. The molecule has 1 fully saturated rings. The zero-order valence-corrected chi connectivity index (χ0v) is 13.2. The molecule has 4 amide bonds. The Kier molecular flexibility index (Phi) is 4.96. The molecule has 1 saturated carbocycles. The van der Waals surface area contributed by atoms with E-state index in [4.69, 9.17) is 0 Å². The van der Waals surface area contributed by atoms with Gasteiger partial charge in [0.15, 0.2) is 0 Å². The van der Waals surface area contributed by atoms with Crippen LogP contribution in [0.25, 0.3) is 0 Å². The number of urea groups is 2. The van der Waals surface area contributed by atoms with Crippen LogP contribution in [-0.4, -0.2) is 18.1 Å². The molecule has 6 heteroatoms. The molecule has 0 atom stereocenters. The van der Waals surface area contributed by atoms with Gasteiger partial charge in [-0.2, -0.15) is 0 Å². The molecule has 124 valence electrons. The fourth-order valence-electron chi connectivity index (χ4n) is 2.17. The van der Waals surface area contributed by atoms with E-state index in [1.54, 1.807) is 24.3 Å². The number of amides is 4. The normalized spacial score (nSPS) is 13.0. The molecule has 6 nitrogen and oxygen atoms in total. The molecule has 0 bridgehead atoms. The quantitative estimate of drug-likeness (QED) is 0.680. The molecular formula is C18H20N4O2. The summed E-state index contributed by atoms with van der Waals surface area (Å²) in [6, 6.07) is 16.5. The Morgan fingerprint density at radius 2 is 1.42 bits per heavy atom. The van der Waals surface area contributed by atoms with Gasteiger partial charge in [-0.15, -0.1) is 0 Å². The van der Waals surface area contributed by atoms with E-state index in [9.17, 15) is 9.59 Å². The molecule has 2 aromatic rings. The van der Waals surface area contributed by atoms with Gasteiger partial charge in [-0.3, -0.25) is 0 Å². The fraction of sp³-hybridized carbons (Fsp3) is 0.222. The molecular weight excluding hydrogens is 304 g/mol. The lowest BCUT2D eigenvalue weighted by molar-refractivity contribution is 0.251. The van der Waals surface area contributed by atoms with Crippen molar-refractivity contribution in [3.05, 3.63) is 60.2 Å². The van der Waals surface area contributed by atoms with Gasteiger partial charge in [-0.1, -0.05) is 30.3 Å². The number of nitrogens with one attached hydrogen (secondary N) is 4. The Balaban J connectivity index is 1.44. The molecule has 2 aromatic carbocycles. The fourth-order valence-corrected chi connectivity index (χ4v) is 2.17. The van der Waals surface area contributed by atoms with Crippen LogP contribution >= 0.6 is 0 Å². The maximum absolute atomic E-state index is 11.9. The Morgan fingerprint density at radius 1 is 0.833 bits per heavy atom. The molecule has 0 aromatic heterocycles. The average Bonchev–Trinajstić information content (AvgIpc) is 3.39. The molecule has 0 heterocycles. The van der Waals surface area contributed by atoms with Crippen LogP contribution in [0.3, 0.4) is 0 Å². The molecule has 0 unspecified atom stereocenters. The summed E-state index contributed by atoms with van der Waals surface area (Å²) < 4.78 is 0. The van der Waals surface area contributed by atoms with Gasteiger partial charge in [0.05, 0.1) is 0 Å². The summed E-state index contributed by atoms with van der Waals surface area (Å²) in [6.07, 6.45) is 2.10. The number of rotatable bonds is 5. The van der Waals surface area contributed by atoms with Crippen molar-refractivity contribution in [3.8, 4) is 0 Å². The molecule has 1 aliphatic rings. The lowest BCUT2D eigenvalue weighted by Gasteiger charge is -2.09. The van der Waals surface area contributed by atoms with Crippen LogP contribution in [0, 0.1) is 0 Å². The minimum absolute atomic E-state index is 0.196. The molecule has 0 radical (unpaired) electrons. The Bertz CT molecular complexity index is 697. The van der Waals surface area contributed by atoms with E-state index >= 15 is 0 Å².